The van der Waals surface area contributed by atoms with Crippen LogP contribution in [-0.2, 0) is 4.74 Å². The number of nitrogens with zero attached hydrogens (tertiary/aromatic N) is 1. The molecule has 1 aliphatic heterocycles. The summed E-state index contributed by atoms with van der Waals surface area (Å²) in [4.78, 5) is 2.30. The Labute approximate surface area is 97.4 Å². The van der Waals surface area contributed by atoms with Gasteiger partial charge in [0.05, 0.1) is 13.2 Å². The minimum absolute atomic E-state index is 0.492. The van der Waals surface area contributed by atoms with Crippen LogP contribution in [0.4, 0.5) is 5.69 Å². The molecule has 2 atom stereocenters. The van der Waals surface area contributed by atoms with Crippen molar-refractivity contribution in [1.29, 1.82) is 0 Å². The maximum absolute atomic E-state index is 5.51. The predicted octanol–water partition coefficient (Wildman–Crippen LogP) is 1.36. The lowest BCUT2D eigenvalue weighted by Crippen LogP contribution is -2.39. The van der Waals surface area contributed by atoms with Gasteiger partial charge in [-0.25, -0.2) is 0 Å². The maximum Gasteiger partial charge on any atom is 0.0623 e. The van der Waals surface area contributed by atoms with Gasteiger partial charge in [-0.15, -0.1) is 0 Å². The van der Waals surface area contributed by atoms with E-state index in [9.17, 15) is 0 Å². The number of likely N-dealkylation sites (N-methyl/N-ethyl adjacent to an activating group) is 1. The molecule has 3 heteroatoms. The smallest absolute Gasteiger partial charge is 0.0623 e. The number of hydrogen-bond acceptors (Lipinski definition) is 3. The van der Waals surface area contributed by atoms with Gasteiger partial charge < -0.3 is 15.0 Å². The number of rotatable bonds is 4. The third-order valence-electron chi connectivity index (χ3n) is 3.27. The molecule has 88 valence electrons. The van der Waals surface area contributed by atoms with E-state index in [4.69, 9.17) is 4.74 Å². The zero-order valence-electron chi connectivity index (χ0n) is 10.0. The molecule has 1 aromatic carbocycles. The molecule has 1 fully saturated rings. The molecular formula is C13H20N2O. The summed E-state index contributed by atoms with van der Waals surface area (Å²) in [5.74, 6) is 0.579. The highest BCUT2D eigenvalue weighted by atomic mass is 16.5. The SMILES string of the molecule is CNC1COCC1CN(C)c1ccccc1. The Kier molecular flexibility index (Phi) is 3.80. The summed E-state index contributed by atoms with van der Waals surface area (Å²) >= 11 is 0. The van der Waals surface area contributed by atoms with Crippen LogP contribution in [0.15, 0.2) is 30.3 Å². The Morgan fingerprint density at radius 1 is 1.31 bits per heavy atom. The van der Waals surface area contributed by atoms with Crippen LogP contribution in [0, 0.1) is 5.92 Å². The van der Waals surface area contributed by atoms with Gasteiger partial charge in [-0.05, 0) is 19.2 Å². The second kappa shape index (κ2) is 5.32. The van der Waals surface area contributed by atoms with Crippen LogP contribution in [0.1, 0.15) is 0 Å². The van der Waals surface area contributed by atoms with Crippen LogP contribution in [-0.4, -0.2) is 39.9 Å². The van der Waals surface area contributed by atoms with Crippen molar-refractivity contribution in [3.8, 4) is 0 Å². The molecule has 0 amide bonds. The standard InChI is InChI=1S/C13H20N2O/c1-14-13-10-16-9-11(13)8-15(2)12-6-4-3-5-7-12/h3-7,11,13-14H,8-10H2,1-2H3. The summed E-state index contributed by atoms with van der Waals surface area (Å²) in [5, 5.41) is 3.32. The minimum atomic E-state index is 0.492. The molecule has 2 unspecified atom stereocenters. The molecule has 0 spiro atoms. The zero-order chi connectivity index (χ0) is 11.4. The normalized spacial score (nSPS) is 24.6. The van der Waals surface area contributed by atoms with E-state index < -0.39 is 0 Å². The van der Waals surface area contributed by atoms with E-state index in [1.807, 2.05) is 13.1 Å². The van der Waals surface area contributed by atoms with Crippen molar-refractivity contribution in [3.05, 3.63) is 30.3 Å². The van der Waals surface area contributed by atoms with Crippen molar-refractivity contribution in [3.63, 3.8) is 0 Å². The average molecular weight is 220 g/mol. The lowest BCUT2D eigenvalue weighted by atomic mass is 10.0. The van der Waals surface area contributed by atoms with Crippen molar-refractivity contribution in [2.45, 2.75) is 6.04 Å². The largest absolute Gasteiger partial charge is 0.379 e. The van der Waals surface area contributed by atoms with Gasteiger partial charge in [0.1, 0.15) is 0 Å². The van der Waals surface area contributed by atoms with Gasteiger partial charge in [0, 0.05) is 31.2 Å². The molecule has 0 saturated carbocycles. The average Bonchev–Trinajstić information content (AvgIpc) is 2.77. The highest BCUT2D eigenvalue weighted by Crippen LogP contribution is 2.18. The monoisotopic (exact) mass is 220 g/mol. The van der Waals surface area contributed by atoms with Gasteiger partial charge in [0.15, 0.2) is 0 Å². The van der Waals surface area contributed by atoms with Crippen molar-refractivity contribution < 1.29 is 4.74 Å². The Hall–Kier alpha value is -1.06. The van der Waals surface area contributed by atoms with Crippen LogP contribution < -0.4 is 10.2 Å². The minimum Gasteiger partial charge on any atom is -0.379 e. The van der Waals surface area contributed by atoms with Crippen LogP contribution in [0.25, 0.3) is 0 Å². The summed E-state index contributed by atoms with van der Waals surface area (Å²) < 4.78 is 5.51. The number of nitrogens with one attached hydrogen (secondary N) is 1. The summed E-state index contributed by atoms with van der Waals surface area (Å²) in [6.45, 7) is 2.74. The Morgan fingerprint density at radius 3 is 2.75 bits per heavy atom. The molecule has 3 nitrogen and oxygen atoms in total. The molecule has 1 aliphatic rings. The lowest BCUT2D eigenvalue weighted by molar-refractivity contribution is 0.183. The summed E-state index contributed by atoms with van der Waals surface area (Å²) in [5.41, 5.74) is 1.27. The fraction of sp³-hybridized carbons (Fsp3) is 0.538. The number of anilines is 1. The first-order chi connectivity index (χ1) is 7.81. The summed E-state index contributed by atoms with van der Waals surface area (Å²) in [6, 6.07) is 11.0. The molecular weight excluding hydrogens is 200 g/mol. The zero-order valence-corrected chi connectivity index (χ0v) is 10.0. The first-order valence-corrected chi connectivity index (χ1v) is 5.82. The highest BCUT2D eigenvalue weighted by Gasteiger charge is 2.27. The Balaban J connectivity index is 1.94. The number of hydrogen-bond donors (Lipinski definition) is 1. The Bertz CT molecular complexity index is 315. The van der Waals surface area contributed by atoms with E-state index >= 15 is 0 Å². The molecule has 1 heterocycles. The summed E-state index contributed by atoms with van der Waals surface area (Å²) in [7, 11) is 4.15. The molecule has 0 aromatic heterocycles. The third kappa shape index (κ3) is 2.54. The second-order valence-electron chi connectivity index (χ2n) is 4.41. The molecule has 0 aliphatic carbocycles. The molecule has 1 aromatic rings. The van der Waals surface area contributed by atoms with Crippen molar-refractivity contribution in [2.75, 3.05) is 38.8 Å². The van der Waals surface area contributed by atoms with Crippen molar-refractivity contribution >= 4 is 5.69 Å². The molecule has 0 radical (unpaired) electrons. The van der Waals surface area contributed by atoms with E-state index in [1.165, 1.54) is 5.69 Å². The van der Waals surface area contributed by atoms with Crippen LogP contribution in [0.2, 0.25) is 0 Å². The Morgan fingerprint density at radius 2 is 2.06 bits per heavy atom. The predicted molar refractivity (Wildman–Crippen MR) is 66.9 cm³/mol. The fourth-order valence-electron chi connectivity index (χ4n) is 2.24. The van der Waals surface area contributed by atoms with Gasteiger partial charge in [-0.1, -0.05) is 18.2 Å². The fourth-order valence-corrected chi connectivity index (χ4v) is 2.24. The van der Waals surface area contributed by atoms with E-state index in [1.54, 1.807) is 0 Å². The quantitative estimate of drug-likeness (QED) is 0.829. The molecule has 16 heavy (non-hydrogen) atoms. The van der Waals surface area contributed by atoms with Gasteiger partial charge in [-0.3, -0.25) is 0 Å². The van der Waals surface area contributed by atoms with Gasteiger partial charge in [0.2, 0.25) is 0 Å². The van der Waals surface area contributed by atoms with Crippen LogP contribution in [0.5, 0.6) is 0 Å². The molecule has 1 N–H and O–H groups in total. The molecule has 0 bridgehead atoms. The molecule has 1 saturated heterocycles. The van der Waals surface area contributed by atoms with E-state index in [-0.39, 0.29) is 0 Å². The van der Waals surface area contributed by atoms with Gasteiger partial charge in [0.25, 0.3) is 0 Å². The summed E-state index contributed by atoms with van der Waals surface area (Å²) in [6.07, 6.45) is 0. The van der Waals surface area contributed by atoms with Gasteiger partial charge in [-0.2, -0.15) is 0 Å². The lowest BCUT2D eigenvalue weighted by Gasteiger charge is -2.25. The van der Waals surface area contributed by atoms with Gasteiger partial charge >= 0.3 is 0 Å². The second-order valence-corrected chi connectivity index (χ2v) is 4.41. The number of para-hydroxylation sites is 1. The highest BCUT2D eigenvalue weighted by molar-refractivity contribution is 5.45. The van der Waals surface area contributed by atoms with Crippen molar-refractivity contribution in [1.82, 2.24) is 5.32 Å². The van der Waals surface area contributed by atoms with Crippen LogP contribution in [0.3, 0.4) is 0 Å². The number of benzene rings is 1. The van der Waals surface area contributed by atoms with Crippen LogP contribution >= 0.6 is 0 Å². The first-order valence-electron chi connectivity index (χ1n) is 5.82. The third-order valence-corrected chi connectivity index (χ3v) is 3.27. The first kappa shape index (κ1) is 11.4. The van der Waals surface area contributed by atoms with E-state index in [2.05, 4.69) is 41.5 Å². The topological polar surface area (TPSA) is 24.5 Å². The maximum atomic E-state index is 5.51. The van der Waals surface area contributed by atoms with E-state index in [0.29, 0.717) is 12.0 Å². The van der Waals surface area contributed by atoms with E-state index in [0.717, 1.165) is 19.8 Å². The van der Waals surface area contributed by atoms with Crippen molar-refractivity contribution in [2.24, 2.45) is 5.92 Å². The number of ether oxygens (including phenoxy) is 1. The molecule has 2 rings (SSSR count).